The lowest BCUT2D eigenvalue weighted by atomic mass is 10.2. The highest BCUT2D eigenvalue weighted by molar-refractivity contribution is 14.1. The molecule has 0 N–H and O–H groups in total. The molecule has 0 aliphatic rings. The molecule has 0 spiro atoms. The molecule has 0 aliphatic carbocycles. The number of aryl methyl sites for hydroxylation is 1. The first kappa shape index (κ1) is 12.2. The fraction of sp³-hybridized carbons (Fsp3) is 0.385. The van der Waals surface area contributed by atoms with E-state index in [2.05, 4.69) is 41.6 Å². The normalized spacial score (nSPS) is 10.9. The van der Waals surface area contributed by atoms with Crippen molar-refractivity contribution in [1.82, 2.24) is 0 Å². The summed E-state index contributed by atoms with van der Waals surface area (Å²) >= 11 is 4.05. The maximum absolute atomic E-state index is 5.61. The standard InChI is InChI=1S/C13H15IOS/c1-2-3-4-5-10-6-8-12(16-10)11-7-9-13(14)15-11/h6-9H,2-5H2,1H3. The topological polar surface area (TPSA) is 13.1 Å². The van der Waals surface area contributed by atoms with E-state index in [4.69, 9.17) is 4.42 Å². The fourth-order valence-corrected chi connectivity index (χ4v) is 3.07. The zero-order valence-corrected chi connectivity index (χ0v) is 12.3. The fourth-order valence-electron chi connectivity index (χ4n) is 1.64. The molecular weight excluding hydrogens is 331 g/mol. The van der Waals surface area contributed by atoms with E-state index in [1.165, 1.54) is 35.4 Å². The smallest absolute Gasteiger partial charge is 0.164 e. The van der Waals surface area contributed by atoms with Crippen LogP contribution in [0.3, 0.4) is 0 Å². The molecule has 2 rings (SSSR count). The molecule has 0 saturated heterocycles. The minimum Gasteiger partial charge on any atom is -0.450 e. The van der Waals surface area contributed by atoms with Gasteiger partial charge >= 0.3 is 0 Å². The van der Waals surface area contributed by atoms with Crippen molar-refractivity contribution in [3.63, 3.8) is 0 Å². The third-order valence-corrected chi connectivity index (χ3v) is 4.24. The second kappa shape index (κ2) is 5.87. The van der Waals surface area contributed by atoms with Crippen molar-refractivity contribution in [3.8, 4) is 10.6 Å². The van der Waals surface area contributed by atoms with Gasteiger partial charge in [-0.05, 0) is 59.7 Å². The van der Waals surface area contributed by atoms with Gasteiger partial charge in [-0.25, -0.2) is 0 Å². The molecule has 0 saturated carbocycles. The summed E-state index contributed by atoms with van der Waals surface area (Å²) in [5.74, 6) is 0.996. The third-order valence-electron chi connectivity index (χ3n) is 2.50. The summed E-state index contributed by atoms with van der Waals surface area (Å²) in [5.41, 5.74) is 0. The van der Waals surface area contributed by atoms with E-state index in [-0.39, 0.29) is 0 Å². The Kier molecular flexibility index (Phi) is 4.46. The molecule has 0 unspecified atom stereocenters. The molecule has 86 valence electrons. The average molecular weight is 346 g/mol. The predicted octanol–water partition coefficient (Wildman–Crippen LogP) is 5.35. The lowest BCUT2D eigenvalue weighted by Gasteiger charge is -1.94. The molecule has 0 aromatic carbocycles. The monoisotopic (exact) mass is 346 g/mol. The van der Waals surface area contributed by atoms with Gasteiger partial charge in [-0.2, -0.15) is 0 Å². The van der Waals surface area contributed by atoms with Gasteiger partial charge in [0.2, 0.25) is 0 Å². The molecule has 16 heavy (non-hydrogen) atoms. The summed E-state index contributed by atoms with van der Waals surface area (Å²) in [6.07, 6.45) is 5.11. The Bertz CT molecular complexity index is 444. The van der Waals surface area contributed by atoms with E-state index in [0.717, 1.165) is 9.53 Å². The second-order valence-electron chi connectivity index (χ2n) is 3.83. The van der Waals surface area contributed by atoms with E-state index in [1.54, 1.807) is 0 Å². The van der Waals surface area contributed by atoms with Gasteiger partial charge in [0.15, 0.2) is 3.77 Å². The van der Waals surface area contributed by atoms with Crippen molar-refractivity contribution in [2.75, 3.05) is 0 Å². The lowest BCUT2D eigenvalue weighted by Crippen LogP contribution is -1.78. The summed E-state index contributed by atoms with van der Waals surface area (Å²) in [6.45, 7) is 2.24. The number of unbranched alkanes of at least 4 members (excludes halogenated alkanes) is 2. The maximum atomic E-state index is 5.61. The van der Waals surface area contributed by atoms with Crippen LogP contribution in [0.1, 0.15) is 31.1 Å². The summed E-state index contributed by atoms with van der Waals surface area (Å²) < 4.78 is 6.56. The van der Waals surface area contributed by atoms with Crippen molar-refractivity contribution in [3.05, 3.63) is 32.9 Å². The quantitative estimate of drug-likeness (QED) is 0.526. The van der Waals surface area contributed by atoms with Crippen molar-refractivity contribution in [2.45, 2.75) is 32.6 Å². The van der Waals surface area contributed by atoms with Gasteiger partial charge in [0.25, 0.3) is 0 Å². The Labute approximate surface area is 114 Å². The molecule has 0 fully saturated rings. The minimum absolute atomic E-state index is 0.952. The summed E-state index contributed by atoms with van der Waals surface area (Å²) in [6, 6.07) is 8.45. The highest BCUT2D eigenvalue weighted by Gasteiger charge is 2.06. The van der Waals surface area contributed by atoms with Crippen molar-refractivity contribution < 1.29 is 4.42 Å². The lowest BCUT2D eigenvalue weighted by molar-refractivity contribution is 0.554. The third kappa shape index (κ3) is 3.10. The molecule has 1 nitrogen and oxygen atoms in total. The van der Waals surface area contributed by atoms with Crippen LogP contribution in [0.5, 0.6) is 0 Å². The first-order valence-electron chi connectivity index (χ1n) is 5.64. The molecule has 0 aliphatic heterocycles. The summed E-state index contributed by atoms with van der Waals surface area (Å²) in [5, 5.41) is 0. The van der Waals surface area contributed by atoms with Crippen molar-refractivity contribution in [2.24, 2.45) is 0 Å². The molecule has 0 amide bonds. The Morgan fingerprint density at radius 1 is 1.19 bits per heavy atom. The second-order valence-corrected chi connectivity index (χ2v) is 6.06. The van der Waals surface area contributed by atoms with Gasteiger partial charge in [0.1, 0.15) is 5.76 Å². The largest absolute Gasteiger partial charge is 0.450 e. The average Bonchev–Trinajstić information content (AvgIpc) is 2.87. The molecule has 2 aromatic heterocycles. The number of hydrogen-bond acceptors (Lipinski definition) is 2. The van der Waals surface area contributed by atoms with Crippen LogP contribution in [0, 0.1) is 3.77 Å². The van der Waals surface area contributed by atoms with Crippen LogP contribution < -0.4 is 0 Å². The van der Waals surface area contributed by atoms with Crippen LogP contribution in [0.25, 0.3) is 10.6 Å². The van der Waals surface area contributed by atoms with Gasteiger partial charge in [-0.3, -0.25) is 0 Å². The Morgan fingerprint density at radius 3 is 2.75 bits per heavy atom. The van der Waals surface area contributed by atoms with Gasteiger partial charge in [-0.1, -0.05) is 19.8 Å². The minimum atomic E-state index is 0.952. The van der Waals surface area contributed by atoms with Gasteiger partial charge in [0, 0.05) is 4.88 Å². The number of thiophene rings is 1. The summed E-state index contributed by atoms with van der Waals surface area (Å²) in [4.78, 5) is 2.71. The van der Waals surface area contributed by atoms with E-state index in [9.17, 15) is 0 Å². The Balaban J connectivity index is 2.02. The molecule has 2 aromatic rings. The SMILES string of the molecule is CCCCCc1ccc(-c2ccc(I)o2)s1. The maximum Gasteiger partial charge on any atom is 0.164 e. The zero-order valence-electron chi connectivity index (χ0n) is 9.33. The van der Waals surface area contributed by atoms with Gasteiger partial charge in [-0.15, -0.1) is 11.3 Å². The van der Waals surface area contributed by atoms with Crippen LogP contribution in [0.2, 0.25) is 0 Å². The molecule has 0 radical (unpaired) electrons. The number of hydrogen-bond donors (Lipinski definition) is 0. The van der Waals surface area contributed by atoms with Crippen LogP contribution in [-0.4, -0.2) is 0 Å². The highest BCUT2D eigenvalue weighted by atomic mass is 127. The first-order chi connectivity index (χ1) is 7.79. The van der Waals surface area contributed by atoms with E-state index in [0.29, 0.717) is 0 Å². The highest BCUT2D eigenvalue weighted by Crippen LogP contribution is 2.30. The zero-order chi connectivity index (χ0) is 11.4. The van der Waals surface area contributed by atoms with Crippen LogP contribution in [0.4, 0.5) is 0 Å². The van der Waals surface area contributed by atoms with Crippen LogP contribution in [0.15, 0.2) is 28.7 Å². The van der Waals surface area contributed by atoms with Gasteiger partial charge < -0.3 is 4.42 Å². The molecule has 2 heterocycles. The molecular formula is C13H15IOS. The summed E-state index contributed by atoms with van der Waals surface area (Å²) in [7, 11) is 0. The molecule has 0 atom stereocenters. The van der Waals surface area contributed by atoms with Crippen molar-refractivity contribution in [1.29, 1.82) is 0 Å². The van der Waals surface area contributed by atoms with Crippen LogP contribution >= 0.6 is 33.9 Å². The van der Waals surface area contributed by atoms with Gasteiger partial charge in [0.05, 0.1) is 4.88 Å². The van der Waals surface area contributed by atoms with Crippen LogP contribution in [-0.2, 0) is 6.42 Å². The number of halogens is 1. The Morgan fingerprint density at radius 2 is 2.06 bits per heavy atom. The van der Waals surface area contributed by atoms with Crippen molar-refractivity contribution >= 4 is 33.9 Å². The first-order valence-corrected chi connectivity index (χ1v) is 7.53. The van der Waals surface area contributed by atoms with E-state index >= 15 is 0 Å². The van der Waals surface area contributed by atoms with E-state index in [1.807, 2.05) is 23.5 Å². The predicted molar refractivity (Wildman–Crippen MR) is 78.0 cm³/mol. The Hall–Kier alpha value is -0.290. The number of furan rings is 1. The molecule has 0 bridgehead atoms. The number of rotatable bonds is 5. The molecule has 3 heteroatoms. The van der Waals surface area contributed by atoms with E-state index < -0.39 is 0 Å².